The Labute approximate surface area is 149 Å². The minimum Gasteiger partial charge on any atom is -0.288 e. The van der Waals surface area contributed by atoms with Gasteiger partial charge in [-0.3, -0.25) is 21.3 Å². The van der Waals surface area contributed by atoms with E-state index < -0.39 is 29.2 Å². The molecule has 140 valence electrons. The molecule has 0 bridgehead atoms. The van der Waals surface area contributed by atoms with E-state index in [0.29, 0.717) is 24.2 Å². The van der Waals surface area contributed by atoms with E-state index in [4.69, 9.17) is 11.5 Å². The Balaban J connectivity index is 1.76. The number of rotatable bonds is 4. The van der Waals surface area contributed by atoms with Gasteiger partial charge in [0.15, 0.2) is 29.2 Å². The second-order valence-corrected chi connectivity index (χ2v) is 6.48. The fourth-order valence-corrected chi connectivity index (χ4v) is 3.14. The topological polar surface area (TPSA) is 58.5 Å². The molecule has 1 aliphatic heterocycles. The first-order valence-electron chi connectivity index (χ1n) is 8.23. The zero-order valence-electron chi connectivity index (χ0n) is 14.1. The van der Waals surface area contributed by atoms with Crippen molar-refractivity contribution < 1.29 is 17.6 Å². The van der Waals surface area contributed by atoms with E-state index in [-0.39, 0.29) is 13.1 Å². The van der Waals surface area contributed by atoms with Crippen LogP contribution in [0.5, 0.6) is 0 Å². The lowest BCUT2D eigenvalue weighted by atomic mass is 10.1. The van der Waals surface area contributed by atoms with Crippen LogP contribution in [0.25, 0.3) is 0 Å². The maximum absolute atomic E-state index is 13.4. The van der Waals surface area contributed by atoms with Crippen LogP contribution in [0.1, 0.15) is 17.5 Å². The minimum atomic E-state index is -1.37. The highest BCUT2D eigenvalue weighted by atomic mass is 19.2. The van der Waals surface area contributed by atoms with Gasteiger partial charge >= 0.3 is 0 Å². The highest BCUT2D eigenvalue weighted by molar-refractivity contribution is 5.19. The van der Waals surface area contributed by atoms with Crippen molar-refractivity contribution in [3.05, 3.63) is 70.8 Å². The molecule has 0 aliphatic carbocycles. The van der Waals surface area contributed by atoms with Crippen molar-refractivity contribution in [1.82, 2.24) is 9.80 Å². The summed E-state index contributed by atoms with van der Waals surface area (Å²) < 4.78 is 53.0. The Morgan fingerprint density at radius 2 is 1.15 bits per heavy atom. The number of nitrogens with zero attached hydrogens (tertiary/aromatic N) is 2. The van der Waals surface area contributed by atoms with Gasteiger partial charge in [-0.1, -0.05) is 12.1 Å². The Bertz CT molecular complexity index is 733. The molecule has 2 aromatic carbocycles. The zero-order valence-corrected chi connectivity index (χ0v) is 14.1. The molecule has 0 aromatic heterocycles. The molecule has 2 aromatic rings. The molecule has 3 rings (SSSR count). The molecule has 0 atom stereocenters. The van der Waals surface area contributed by atoms with Crippen molar-refractivity contribution in [2.24, 2.45) is 11.5 Å². The smallest absolute Gasteiger partial charge is 0.182 e. The minimum absolute atomic E-state index is 0.235. The van der Waals surface area contributed by atoms with Crippen LogP contribution in [0.15, 0.2) is 36.4 Å². The van der Waals surface area contributed by atoms with E-state index in [1.807, 2.05) is 0 Å². The first kappa shape index (κ1) is 18.8. The van der Waals surface area contributed by atoms with E-state index in [1.165, 1.54) is 12.1 Å². The third-order valence-corrected chi connectivity index (χ3v) is 4.58. The summed E-state index contributed by atoms with van der Waals surface area (Å²) in [5.41, 5.74) is 13.7. The number of benzene rings is 2. The summed E-state index contributed by atoms with van der Waals surface area (Å²) >= 11 is 0. The molecule has 0 spiro atoms. The molecule has 1 heterocycles. The number of hydrogen-bond acceptors (Lipinski definition) is 4. The lowest BCUT2D eigenvalue weighted by molar-refractivity contribution is -0.0933. The van der Waals surface area contributed by atoms with Crippen LogP contribution < -0.4 is 11.5 Å². The summed E-state index contributed by atoms with van der Waals surface area (Å²) in [6.45, 7) is 1.61. The molecule has 4 nitrogen and oxygen atoms in total. The molecule has 0 unspecified atom stereocenters. The molecular formula is C18H20F4N4. The fourth-order valence-electron chi connectivity index (χ4n) is 3.14. The van der Waals surface area contributed by atoms with E-state index in [0.717, 1.165) is 30.7 Å². The lowest BCUT2D eigenvalue weighted by Crippen LogP contribution is -2.74. The summed E-state index contributed by atoms with van der Waals surface area (Å²) in [4.78, 5) is 3.48. The van der Waals surface area contributed by atoms with Crippen molar-refractivity contribution in [3.63, 3.8) is 0 Å². The Kier molecular flexibility index (Phi) is 5.29. The van der Waals surface area contributed by atoms with Gasteiger partial charge in [0.1, 0.15) is 0 Å². The third-order valence-electron chi connectivity index (χ3n) is 4.58. The molecule has 0 amide bonds. The van der Waals surface area contributed by atoms with E-state index in [9.17, 15) is 17.6 Å². The van der Waals surface area contributed by atoms with Crippen LogP contribution in [-0.4, -0.2) is 28.8 Å². The van der Waals surface area contributed by atoms with E-state index in [2.05, 4.69) is 0 Å². The summed E-state index contributed by atoms with van der Waals surface area (Å²) in [5, 5.41) is 0. The molecule has 1 aliphatic rings. The normalized spacial score (nSPS) is 18.2. The number of hydrogen-bond donors (Lipinski definition) is 2. The monoisotopic (exact) mass is 368 g/mol. The molecule has 26 heavy (non-hydrogen) atoms. The predicted molar refractivity (Wildman–Crippen MR) is 89.3 cm³/mol. The summed E-state index contributed by atoms with van der Waals surface area (Å²) in [6.07, 6.45) is 0.740. The van der Waals surface area contributed by atoms with Gasteiger partial charge in [-0.25, -0.2) is 17.6 Å². The second-order valence-electron chi connectivity index (χ2n) is 6.48. The van der Waals surface area contributed by atoms with Gasteiger partial charge in [0, 0.05) is 26.2 Å². The average Bonchev–Trinajstić information content (AvgIpc) is 2.58. The Hall–Kier alpha value is -2.00. The van der Waals surface area contributed by atoms with Gasteiger partial charge in [-0.05, 0) is 41.8 Å². The van der Waals surface area contributed by atoms with Crippen LogP contribution in [0.4, 0.5) is 17.6 Å². The molecule has 1 fully saturated rings. The van der Waals surface area contributed by atoms with Crippen molar-refractivity contribution in [3.8, 4) is 0 Å². The van der Waals surface area contributed by atoms with E-state index >= 15 is 0 Å². The zero-order chi connectivity index (χ0) is 18.9. The van der Waals surface area contributed by atoms with Crippen LogP contribution in [0.3, 0.4) is 0 Å². The van der Waals surface area contributed by atoms with Crippen molar-refractivity contribution in [1.29, 1.82) is 0 Å². The maximum Gasteiger partial charge on any atom is 0.182 e. The SMILES string of the molecule is NC1(N)N(Cc2ccc(F)c(F)c2)CCCN1Cc1ccc(F)c(F)c1. The summed E-state index contributed by atoms with van der Waals surface area (Å²) in [5.74, 6) is -5.07. The molecule has 0 saturated carbocycles. The van der Waals surface area contributed by atoms with Crippen molar-refractivity contribution in [2.75, 3.05) is 13.1 Å². The molecule has 1 saturated heterocycles. The van der Waals surface area contributed by atoms with Crippen LogP contribution in [0.2, 0.25) is 0 Å². The molecule has 8 heteroatoms. The van der Waals surface area contributed by atoms with Crippen LogP contribution >= 0.6 is 0 Å². The summed E-state index contributed by atoms with van der Waals surface area (Å²) in [7, 11) is 0. The first-order chi connectivity index (χ1) is 12.3. The van der Waals surface area contributed by atoms with Crippen molar-refractivity contribution >= 4 is 0 Å². The van der Waals surface area contributed by atoms with Gasteiger partial charge in [0.05, 0.1) is 0 Å². The van der Waals surface area contributed by atoms with Gasteiger partial charge < -0.3 is 0 Å². The standard InChI is InChI=1S/C18H20F4N4/c19-14-4-2-12(8-16(14)21)10-25-6-1-7-26(18(25,23)24)11-13-3-5-15(20)17(22)9-13/h2-5,8-9H,1,6-7,10-11,23-24H2. The molecule has 4 N–H and O–H groups in total. The quantitative estimate of drug-likeness (QED) is 0.643. The molecular weight excluding hydrogens is 348 g/mol. The third kappa shape index (κ3) is 3.88. The summed E-state index contributed by atoms with van der Waals surface area (Å²) in [6, 6.07) is 7.29. The second kappa shape index (κ2) is 7.32. The highest BCUT2D eigenvalue weighted by Gasteiger charge is 2.38. The lowest BCUT2D eigenvalue weighted by Gasteiger charge is -2.49. The molecule has 0 radical (unpaired) electrons. The van der Waals surface area contributed by atoms with Gasteiger partial charge in [0.2, 0.25) is 0 Å². The van der Waals surface area contributed by atoms with Gasteiger partial charge in [0.25, 0.3) is 0 Å². The first-order valence-corrected chi connectivity index (χ1v) is 8.23. The van der Waals surface area contributed by atoms with Gasteiger partial charge in [-0.2, -0.15) is 0 Å². The number of nitrogens with two attached hydrogens (primary N) is 2. The van der Waals surface area contributed by atoms with Crippen molar-refractivity contribution in [2.45, 2.75) is 25.4 Å². The number of halogens is 4. The van der Waals surface area contributed by atoms with E-state index in [1.54, 1.807) is 9.80 Å². The Morgan fingerprint density at radius 1 is 0.731 bits per heavy atom. The fraction of sp³-hybridized carbons (Fsp3) is 0.333. The Morgan fingerprint density at radius 3 is 1.54 bits per heavy atom. The average molecular weight is 368 g/mol. The maximum atomic E-state index is 13.4. The highest BCUT2D eigenvalue weighted by Crippen LogP contribution is 2.23. The largest absolute Gasteiger partial charge is 0.288 e. The van der Waals surface area contributed by atoms with Crippen LogP contribution in [0, 0.1) is 23.3 Å². The van der Waals surface area contributed by atoms with Gasteiger partial charge in [-0.15, -0.1) is 0 Å². The van der Waals surface area contributed by atoms with Crippen LogP contribution in [-0.2, 0) is 13.1 Å². The predicted octanol–water partition coefficient (Wildman–Crippen LogP) is 2.48.